The molecular weight excluding hydrogens is 462 g/mol. The monoisotopic (exact) mass is 487 g/mol. The maximum absolute atomic E-state index is 13.0. The van der Waals surface area contributed by atoms with Gasteiger partial charge in [0.15, 0.2) is 0 Å². The molecule has 3 aromatic rings. The topological polar surface area (TPSA) is 117 Å². The van der Waals surface area contributed by atoms with Crippen molar-refractivity contribution in [3.8, 4) is 0 Å². The molecule has 10 nitrogen and oxygen atoms in total. The summed E-state index contributed by atoms with van der Waals surface area (Å²) in [5.41, 5.74) is 1.41. The molecule has 34 heavy (non-hydrogen) atoms. The molecule has 0 unspecified atom stereocenters. The average molecular weight is 488 g/mol. The van der Waals surface area contributed by atoms with Gasteiger partial charge in [0.2, 0.25) is 10.0 Å². The molecule has 0 radical (unpaired) electrons. The molecule has 1 saturated heterocycles. The number of hydrogen-bond acceptors (Lipinski definition) is 8. The fourth-order valence-corrected chi connectivity index (χ4v) is 5.30. The highest BCUT2D eigenvalue weighted by molar-refractivity contribution is 7.89. The highest BCUT2D eigenvalue weighted by atomic mass is 32.2. The Morgan fingerprint density at radius 2 is 1.74 bits per heavy atom. The van der Waals surface area contributed by atoms with Crippen LogP contribution in [-0.2, 0) is 37.4 Å². The lowest BCUT2D eigenvalue weighted by Gasteiger charge is -2.26. The van der Waals surface area contributed by atoms with Gasteiger partial charge in [0.05, 0.1) is 47.4 Å². The van der Waals surface area contributed by atoms with Crippen molar-refractivity contribution in [2.24, 2.45) is 0 Å². The minimum Gasteiger partial charge on any atom is -0.465 e. The van der Waals surface area contributed by atoms with Crippen LogP contribution in [0.5, 0.6) is 0 Å². The second kappa shape index (κ2) is 9.92. The number of ether oxygens (including phenoxy) is 3. The zero-order valence-electron chi connectivity index (χ0n) is 18.9. The Labute approximate surface area is 197 Å². The quantitative estimate of drug-likeness (QED) is 0.466. The summed E-state index contributed by atoms with van der Waals surface area (Å²) in [4.78, 5) is 29.3. The van der Waals surface area contributed by atoms with Gasteiger partial charge in [0.1, 0.15) is 12.4 Å². The Hall–Kier alpha value is -3.28. The van der Waals surface area contributed by atoms with Crippen LogP contribution in [0.3, 0.4) is 0 Å². The van der Waals surface area contributed by atoms with Crippen molar-refractivity contribution in [1.82, 2.24) is 13.9 Å². The van der Waals surface area contributed by atoms with E-state index in [4.69, 9.17) is 14.2 Å². The normalized spacial score (nSPS) is 14.8. The molecule has 2 aromatic carbocycles. The third kappa shape index (κ3) is 4.54. The second-order valence-corrected chi connectivity index (χ2v) is 9.49. The maximum atomic E-state index is 13.0. The minimum absolute atomic E-state index is 0.0902. The first-order valence-electron chi connectivity index (χ1n) is 10.8. The fraction of sp³-hybridized carbons (Fsp3) is 0.348. The summed E-state index contributed by atoms with van der Waals surface area (Å²) < 4.78 is 44.7. The molecule has 1 fully saturated rings. The van der Waals surface area contributed by atoms with Gasteiger partial charge in [-0.3, -0.25) is 0 Å². The molecular formula is C23H25N3O7S. The van der Waals surface area contributed by atoms with E-state index in [-0.39, 0.29) is 22.6 Å². The number of rotatable bonds is 7. The average Bonchev–Trinajstić information content (AvgIpc) is 3.24. The van der Waals surface area contributed by atoms with Gasteiger partial charge in [-0.05, 0) is 37.3 Å². The second-order valence-electron chi connectivity index (χ2n) is 7.55. The van der Waals surface area contributed by atoms with E-state index in [1.165, 1.54) is 29.6 Å². The van der Waals surface area contributed by atoms with E-state index in [2.05, 4.69) is 4.98 Å². The first-order valence-corrected chi connectivity index (χ1v) is 12.2. The van der Waals surface area contributed by atoms with E-state index in [0.717, 1.165) is 5.52 Å². The van der Waals surface area contributed by atoms with Crippen LogP contribution in [0.1, 0.15) is 33.5 Å². The number of carbonyl (C=O) groups excluding carboxylic acids is 2. The van der Waals surface area contributed by atoms with Crippen LogP contribution in [0.2, 0.25) is 0 Å². The molecule has 0 aliphatic carbocycles. The predicted molar refractivity (Wildman–Crippen MR) is 122 cm³/mol. The van der Waals surface area contributed by atoms with Crippen molar-refractivity contribution in [1.29, 1.82) is 0 Å². The summed E-state index contributed by atoms with van der Waals surface area (Å²) in [6.07, 6.45) is 0. The number of methoxy groups -OCH3 is 1. The number of benzene rings is 2. The van der Waals surface area contributed by atoms with E-state index in [0.29, 0.717) is 44.2 Å². The largest absolute Gasteiger partial charge is 0.465 e. The van der Waals surface area contributed by atoms with Gasteiger partial charge in [-0.2, -0.15) is 4.31 Å². The van der Waals surface area contributed by atoms with E-state index in [1.54, 1.807) is 24.3 Å². The number of carbonyl (C=O) groups is 2. The summed E-state index contributed by atoms with van der Waals surface area (Å²) in [5.74, 6) is -0.865. The summed E-state index contributed by atoms with van der Waals surface area (Å²) in [6, 6.07) is 11.0. The molecule has 11 heteroatoms. The van der Waals surface area contributed by atoms with Crippen LogP contribution in [-0.4, -0.2) is 67.6 Å². The van der Waals surface area contributed by atoms with Gasteiger partial charge < -0.3 is 18.8 Å². The van der Waals surface area contributed by atoms with Crippen LogP contribution < -0.4 is 0 Å². The van der Waals surface area contributed by atoms with Gasteiger partial charge in [0, 0.05) is 19.6 Å². The van der Waals surface area contributed by atoms with Gasteiger partial charge >= 0.3 is 11.9 Å². The molecule has 0 N–H and O–H groups in total. The number of sulfonamides is 1. The lowest BCUT2D eigenvalue weighted by molar-refractivity contribution is 0.0445. The molecule has 1 aliphatic heterocycles. The predicted octanol–water partition coefficient (Wildman–Crippen LogP) is 2.22. The maximum Gasteiger partial charge on any atom is 0.339 e. The molecule has 180 valence electrons. The zero-order chi connectivity index (χ0) is 24.3. The van der Waals surface area contributed by atoms with E-state index >= 15 is 0 Å². The molecule has 0 saturated carbocycles. The third-order valence-electron chi connectivity index (χ3n) is 5.61. The molecule has 0 amide bonds. The summed E-state index contributed by atoms with van der Waals surface area (Å²) in [5, 5.41) is 0. The van der Waals surface area contributed by atoms with Crippen molar-refractivity contribution in [3.05, 3.63) is 59.4 Å². The summed E-state index contributed by atoms with van der Waals surface area (Å²) >= 11 is 0. The highest BCUT2D eigenvalue weighted by Crippen LogP contribution is 2.24. The van der Waals surface area contributed by atoms with Crippen molar-refractivity contribution in [2.45, 2.75) is 25.0 Å². The van der Waals surface area contributed by atoms with Crippen LogP contribution in [0.4, 0.5) is 0 Å². The zero-order valence-corrected chi connectivity index (χ0v) is 19.7. The summed E-state index contributed by atoms with van der Waals surface area (Å²) in [7, 11) is -2.43. The molecule has 4 rings (SSSR count). The van der Waals surface area contributed by atoms with Gasteiger partial charge in [-0.1, -0.05) is 12.1 Å². The Kier molecular flexibility index (Phi) is 6.96. The third-order valence-corrected chi connectivity index (χ3v) is 7.50. The number of hydrogen-bond donors (Lipinski definition) is 0. The van der Waals surface area contributed by atoms with Crippen LogP contribution in [0.15, 0.2) is 47.4 Å². The van der Waals surface area contributed by atoms with Crippen molar-refractivity contribution < 1.29 is 32.2 Å². The van der Waals surface area contributed by atoms with Crippen LogP contribution in [0.25, 0.3) is 11.0 Å². The van der Waals surface area contributed by atoms with E-state index in [9.17, 15) is 18.0 Å². The summed E-state index contributed by atoms with van der Waals surface area (Å²) in [6.45, 7) is 3.63. The van der Waals surface area contributed by atoms with Crippen molar-refractivity contribution >= 4 is 33.0 Å². The van der Waals surface area contributed by atoms with Crippen molar-refractivity contribution in [2.75, 3.05) is 33.4 Å². The first kappa shape index (κ1) is 23.9. The Balaban J connectivity index is 1.59. The standard InChI is InChI=1S/C23H25N3O7S/c1-3-26-20-9-8-16(34(29,30)25-10-12-32-13-11-25)14-19(20)24-21(26)15-33-23(28)18-7-5-4-6-17(18)22(27)31-2/h4-9,14H,3,10-13,15H2,1-2H3. The van der Waals surface area contributed by atoms with Crippen LogP contribution in [0, 0.1) is 0 Å². The number of aryl methyl sites for hydroxylation is 1. The minimum atomic E-state index is -3.67. The number of nitrogens with zero attached hydrogens (tertiary/aromatic N) is 3. The molecule has 1 aromatic heterocycles. The van der Waals surface area contributed by atoms with Gasteiger partial charge in [-0.25, -0.2) is 23.0 Å². The number of aromatic nitrogens is 2. The number of esters is 2. The van der Waals surface area contributed by atoms with E-state index in [1.807, 2.05) is 11.5 Å². The van der Waals surface area contributed by atoms with Gasteiger partial charge in [0.25, 0.3) is 0 Å². The Morgan fingerprint density at radius 1 is 1.06 bits per heavy atom. The molecule has 2 heterocycles. The number of morpholine rings is 1. The fourth-order valence-electron chi connectivity index (χ4n) is 3.88. The van der Waals surface area contributed by atoms with E-state index < -0.39 is 22.0 Å². The first-order chi connectivity index (χ1) is 16.4. The molecule has 0 bridgehead atoms. The molecule has 1 aliphatic rings. The SMILES string of the molecule is CCn1c(COC(=O)c2ccccc2C(=O)OC)nc2cc(S(=O)(=O)N3CCOCC3)ccc21. The highest BCUT2D eigenvalue weighted by Gasteiger charge is 2.27. The Morgan fingerprint density at radius 3 is 2.38 bits per heavy atom. The smallest absolute Gasteiger partial charge is 0.339 e. The molecule has 0 spiro atoms. The molecule has 0 atom stereocenters. The van der Waals surface area contributed by atoms with Crippen LogP contribution >= 0.6 is 0 Å². The van der Waals surface area contributed by atoms with Crippen molar-refractivity contribution in [3.63, 3.8) is 0 Å². The number of fused-ring (bicyclic) bond motifs is 1. The van der Waals surface area contributed by atoms with Gasteiger partial charge in [-0.15, -0.1) is 0 Å². The Bertz CT molecular complexity index is 1330. The lowest BCUT2D eigenvalue weighted by atomic mass is 10.1. The number of imidazole rings is 1. The lowest BCUT2D eigenvalue weighted by Crippen LogP contribution is -2.40.